The molecule has 0 saturated heterocycles. The van der Waals surface area contributed by atoms with Crippen molar-refractivity contribution in [3.05, 3.63) is 42.5 Å². The zero-order valence-corrected chi connectivity index (χ0v) is 13.3. The van der Waals surface area contributed by atoms with E-state index in [1.807, 2.05) is 18.2 Å². The summed E-state index contributed by atoms with van der Waals surface area (Å²) in [7, 11) is 0. The zero-order chi connectivity index (χ0) is 13.3. The average molecular weight is 298 g/mol. The van der Waals surface area contributed by atoms with Crippen molar-refractivity contribution in [3.63, 3.8) is 0 Å². The van der Waals surface area contributed by atoms with E-state index in [1.54, 1.807) is 22.7 Å². The number of aryl methyl sites for hydroxylation is 2. The van der Waals surface area contributed by atoms with Gasteiger partial charge in [-0.1, -0.05) is 31.5 Å². The van der Waals surface area contributed by atoms with Crippen LogP contribution in [0, 0.1) is 13.8 Å². The van der Waals surface area contributed by atoms with Gasteiger partial charge in [0.2, 0.25) is 0 Å². The maximum absolute atomic E-state index is 6.02. The van der Waals surface area contributed by atoms with Gasteiger partial charge in [0.25, 0.3) is 0 Å². The molecule has 0 N–H and O–H groups in total. The quantitative estimate of drug-likeness (QED) is 0.700. The van der Waals surface area contributed by atoms with Gasteiger partial charge in [0, 0.05) is 14.8 Å². The predicted molar refractivity (Wildman–Crippen MR) is 82.4 cm³/mol. The fourth-order valence-electron chi connectivity index (χ4n) is 1.74. The monoisotopic (exact) mass is 297 g/mol. The molecule has 0 amide bonds. The Morgan fingerprint density at radius 3 is 2.50 bits per heavy atom. The van der Waals surface area contributed by atoms with Crippen molar-refractivity contribution in [2.75, 3.05) is 0 Å². The van der Waals surface area contributed by atoms with Gasteiger partial charge in [-0.15, -0.1) is 22.7 Å². The summed E-state index contributed by atoms with van der Waals surface area (Å²) in [6.07, 6.45) is 0. The van der Waals surface area contributed by atoms with Crippen LogP contribution in [-0.4, -0.2) is 0 Å². The van der Waals surface area contributed by atoms with Crippen molar-refractivity contribution in [2.45, 2.75) is 33.6 Å². The van der Waals surface area contributed by atoms with Crippen LogP contribution >= 0.6 is 34.3 Å². The second kappa shape index (κ2) is 5.55. The molecule has 2 rings (SSSR count). The Morgan fingerprint density at radius 2 is 1.89 bits per heavy atom. The number of hydrogen-bond acceptors (Lipinski definition) is 3. The van der Waals surface area contributed by atoms with Gasteiger partial charge in [-0.05, 0) is 37.5 Å². The van der Waals surface area contributed by atoms with E-state index in [2.05, 4.69) is 27.7 Å². The second-order valence-electron chi connectivity index (χ2n) is 4.59. The Bertz CT molecular complexity index is 623. The predicted octanol–water partition coefficient (Wildman–Crippen LogP) is 5.44. The maximum atomic E-state index is 6.02. The standard InChI is InChI=1S/C14H16ClNS2/c1-8(2)13-10(4)17-14(18-13)16-12-7-11(15)6-5-9(12)3/h5-8H,1-4H3. The van der Waals surface area contributed by atoms with E-state index in [-0.39, 0.29) is 0 Å². The molecule has 0 aliphatic heterocycles. The van der Waals surface area contributed by atoms with Crippen LogP contribution in [0.3, 0.4) is 0 Å². The first kappa shape index (κ1) is 13.8. The molecule has 96 valence electrons. The largest absolute Gasteiger partial charge is 0.227 e. The molecular weight excluding hydrogens is 282 g/mol. The summed E-state index contributed by atoms with van der Waals surface area (Å²) in [5.41, 5.74) is 2.12. The molecule has 0 spiro atoms. The Kier molecular flexibility index (Phi) is 4.25. The first-order valence-electron chi connectivity index (χ1n) is 5.88. The number of hydrogen-bond donors (Lipinski definition) is 0. The minimum Gasteiger partial charge on any atom is -0.227 e. The van der Waals surface area contributed by atoms with Crippen LogP contribution in [-0.2, 0) is 0 Å². The van der Waals surface area contributed by atoms with Crippen LogP contribution in [0.2, 0.25) is 5.02 Å². The van der Waals surface area contributed by atoms with Crippen molar-refractivity contribution in [2.24, 2.45) is 4.99 Å². The maximum Gasteiger partial charge on any atom is 0.171 e. The fraction of sp³-hybridized carbons (Fsp3) is 0.357. The Hall–Kier alpha value is -0.640. The van der Waals surface area contributed by atoms with E-state index in [0.29, 0.717) is 5.92 Å². The summed E-state index contributed by atoms with van der Waals surface area (Å²) < 4.78 is 1.10. The number of nitrogens with zero attached hydrogens (tertiary/aromatic N) is 1. The molecule has 0 unspecified atom stereocenters. The van der Waals surface area contributed by atoms with E-state index in [4.69, 9.17) is 16.6 Å². The van der Waals surface area contributed by atoms with Gasteiger partial charge in [-0.2, -0.15) is 0 Å². The molecule has 4 heteroatoms. The van der Waals surface area contributed by atoms with Crippen LogP contribution in [0.1, 0.15) is 35.1 Å². The molecule has 1 aromatic carbocycles. The molecule has 0 aliphatic rings. The van der Waals surface area contributed by atoms with Crippen molar-refractivity contribution in [1.29, 1.82) is 0 Å². The highest BCUT2D eigenvalue weighted by Crippen LogP contribution is 2.27. The van der Waals surface area contributed by atoms with Gasteiger partial charge in [-0.3, -0.25) is 0 Å². The summed E-state index contributed by atoms with van der Waals surface area (Å²) >= 11 is 9.56. The van der Waals surface area contributed by atoms with E-state index >= 15 is 0 Å². The van der Waals surface area contributed by atoms with Gasteiger partial charge in [0.1, 0.15) is 0 Å². The van der Waals surface area contributed by atoms with Crippen molar-refractivity contribution in [1.82, 2.24) is 0 Å². The van der Waals surface area contributed by atoms with Crippen LogP contribution in [0.4, 0.5) is 5.69 Å². The number of halogens is 1. The van der Waals surface area contributed by atoms with Gasteiger partial charge in [0.15, 0.2) is 3.98 Å². The first-order chi connectivity index (χ1) is 8.47. The smallest absolute Gasteiger partial charge is 0.171 e. The highest BCUT2D eigenvalue weighted by atomic mass is 35.5. The molecule has 0 saturated carbocycles. The molecule has 0 atom stereocenters. The Morgan fingerprint density at radius 1 is 1.17 bits per heavy atom. The minimum absolute atomic E-state index is 0.565. The van der Waals surface area contributed by atoms with Crippen LogP contribution in [0.25, 0.3) is 0 Å². The summed E-state index contributed by atoms with van der Waals surface area (Å²) in [4.78, 5) is 7.52. The van der Waals surface area contributed by atoms with E-state index in [0.717, 1.165) is 20.3 Å². The molecule has 0 fully saturated rings. The van der Waals surface area contributed by atoms with Crippen molar-refractivity contribution >= 4 is 40.0 Å². The lowest BCUT2D eigenvalue weighted by atomic mass is 10.2. The third-order valence-electron chi connectivity index (χ3n) is 2.69. The molecule has 0 aliphatic carbocycles. The highest BCUT2D eigenvalue weighted by Gasteiger charge is 2.07. The molecule has 0 radical (unpaired) electrons. The lowest BCUT2D eigenvalue weighted by Gasteiger charge is -1.99. The topological polar surface area (TPSA) is 12.4 Å². The highest BCUT2D eigenvalue weighted by molar-refractivity contribution is 7.27. The Balaban J connectivity index is 2.51. The zero-order valence-electron chi connectivity index (χ0n) is 11.0. The van der Waals surface area contributed by atoms with Crippen LogP contribution in [0.15, 0.2) is 23.2 Å². The normalized spacial score (nSPS) is 12.4. The average Bonchev–Trinajstić information content (AvgIpc) is 2.65. The van der Waals surface area contributed by atoms with Crippen molar-refractivity contribution in [3.8, 4) is 0 Å². The molecular formula is C14H16ClNS2. The van der Waals surface area contributed by atoms with Gasteiger partial charge >= 0.3 is 0 Å². The molecule has 1 nitrogen and oxygen atoms in total. The van der Waals surface area contributed by atoms with E-state index < -0.39 is 0 Å². The third-order valence-corrected chi connectivity index (χ3v) is 5.61. The van der Waals surface area contributed by atoms with Crippen molar-refractivity contribution < 1.29 is 0 Å². The lowest BCUT2D eigenvalue weighted by Crippen LogP contribution is -1.87. The summed E-state index contributed by atoms with van der Waals surface area (Å²) in [5, 5.41) is 0.738. The van der Waals surface area contributed by atoms with E-state index in [1.165, 1.54) is 9.75 Å². The summed E-state index contributed by atoms with van der Waals surface area (Å²) in [5.74, 6) is 0.565. The van der Waals surface area contributed by atoms with Gasteiger partial charge in [0.05, 0.1) is 5.69 Å². The van der Waals surface area contributed by atoms with Crippen LogP contribution in [0.5, 0.6) is 0 Å². The van der Waals surface area contributed by atoms with Gasteiger partial charge < -0.3 is 0 Å². The number of rotatable bonds is 2. The third kappa shape index (κ3) is 3.02. The number of benzene rings is 1. The van der Waals surface area contributed by atoms with Crippen LogP contribution < -0.4 is 3.98 Å². The second-order valence-corrected chi connectivity index (χ2v) is 7.52. The molecule has 1 heterocycles. The molecule has 2 aromatic rings. The SMILES string of the molecule is Cc1ccc(Cl)cc1N=c1sc(C)c(C(C)C)s1. The van der Waals surface area contributed by atoms with Gasteiger partial charge in [-0.25, -0.2) is 4.99 Å². The first-order valence-corrected chi connectivity index (χ1v) is 7.90. The summed E-state index contributed by atoms with van der Waals surface area (Å²) in [6, 6.07) is 5.84. The van der Waals surface area contributed by atoms with E-state index in [9.17, 15) is 0 Å². The lowest BCUT2D eigenvalue weighted by molar-refractivity contribution is 0.884. The Labute approximate surface area is 121 Å². The fourth-order valence-corrected chi connectivity index (χ4v) is 4.42. The minimum atomic E-state index is 0.565. The molecule has 1 aromatic heterocycles. The summed E-state index contributed by atoms with van der Waals surface area (Å²) in [6.45, 7) is 8.67. The molecule has 18 heavy (non-hydrogen) atoms. The molecule has 0 bridgehead atoms.